The Morgan fingerprint density at radius 1 is 1.22 bits per heavy atom. The lowest BCUT2D eigenvalue weighted by atomic mass is 10.2. The number of nitrogens with two attached hydrogens (primary N) is 1. The van der Waals surface area contributed by atoms with Gasteiger partial charge >= 0.3 is 0 Å². The van der Waals surface area contributed by atoms with Gasteiger partial charge in [0, 0.05) is 34.8 Å². The molecule has 0 aliphatic rings. The van der Waals surface area contributed by atoms with Gasteiger partial charge in [0.2, 0.25) is 5.82 Å². The molecule has 32 heavy (non-hydrogen) atoms. The number of benzene rings is 2. The van der Waals surface area contributed by atoms with E-state index in [9.17, 15) is 4.79 Å². The van der Waals surface area contributed by atoms with Crippen LogP contribution in [-0.2, 0) is 6.54 Å². The maximum absolute atomic E-state index is 11.7. The van der Waals surface area contributed by atoms with Crippen LogP contribution in [0.2, 0.25) is 0 Å². The molecule has 0 bridgehead atoms. The van der Waals surface area contributed by atoms with Crippen LogP contribution in [0.4, 0.5) is 11.5 Å². The summed E-state index contributed by atoms with van der Waals surface area (Å²) in [6.07, 6.45) is 3.57. The van der Waals surface area contributed by atoms with E-state index in [2.05, 4.69) is 31.4 Å². The van der Waals surface area contributed by atoms with Crippen LogP contribution < -0.4 is 15.8 Å². The molecule has 0 aliphatic carbocycles. The van der Waals surface area contributed by atoms with Gasteiger partial charge in [-0.05, 0) is 36.4 Å². The van der Waals surface area contributed by atoms with Crippen molar-refractivity contribution in [2.75, 3.05) is 12.4 Å². The first-order valence-electron chi connectivity index (χ1n) is 9.80. The van der Waals surface area contributed by atoms with Crippen molar-refractivity contribution in [2.24, 2.45) is 5.73 Å². The van der Waals surface area contributed by atoms with Crippen LogP contribution in [0, 0.1) is 6.07 Å². The number of amides is 1. The number of hydrogen-bond acceptors (Lipinski definition) is 7. The van der Waals surface area contributed by atoms with Gasteiger partial charge in [0.25, 0.3) is 5.91 Å². The van der Waals surface area contributed by atoms with Crippen LogP contribution in [-0.4, -0.2) is 37.7 Å². The minimum Gasteiger partial charge on any atom is -0.496 e. The Morgan fingerprint density at radius 3 is 2.91 bits per heavy atom. The van der Waals surface area contributed by atoms with Crippen LogP contribution in [0.15, 0.2) is 60.9 Å². The molecule has 1 amide bonds. The molecule has 0 unspecified atom stereocenters. The number of rotatable bonds is 6. The smallest absolute Gasteiger partial charge is 0.286 e. The molecule has 9 nitrogen and oxygen atoms in total. The van der Waals surface area contributed by atoms with Gasteiger partial charge < -0.3 is 15.8 Å². The topological polar surface area (TPSA) is 121 Å². The summed E-state index contributed by atoms with van der Waals surface area (Å²) in [4.78, 5) is 24.6. The number of methoxy groups -OCH3 is 1. The number of hydrogen-bond donors (Lipinski definition) is 2. The largest absolute Gasteiger partial charge is 0.496 e. The summed E-state index contributed by atoms with van der Waals surface area (Å²) in [5.74, 6) is 0.146. The van der Waals surface area contributed by atoms with Gasteiger partial charge in [0.15, 0.2) is 0 Å². The monoisotopic (exact) mass is 424 g/mol. The summed E-state index contributed by atoms with van der Waals surface area (Å²) >= 11 is 0. The van der Waals surface area contributed by atoms with Crippen molar-refractivity contribution >= 4 is 39.2 Å². The molecule has 0 saturated heterocycles. The maximum Gasteiger partial charge on any atom is 0.286 e. The summed E-state index contributed by atoms with van der Waals surface area (Å²) in [5, 5.41) is 9.38. The average Bonchev–Trinajstić information content (AvgIpc) is 3.21. The van der Waals surface area contributed by atoms with Crippen molar-refractivity contribution in [3.63, 3.8) is 0 Å². The van der Waals surface area contributed by atoms with Gasteiger partial charge in [-0.1, -0.05) is 6.07 Å². The summed E-state index contributed by atoms with van der Waals surface area (Å²) in [5.41, 5.74) is 8.64. The SMILES string of the molecule is COc1[c]cc2c(Nc3ccc4c(cnn4Cc4ccccn4)c3)nc(C(N)=O)nc2c1. The van der Waals surface area contributed by atoms with Crippen molar-refractivity contribution in [3.05, 3.63) is 78.5 Å². The predicted molar refractivity (Wildman–Crippen MR) is 120 cm³/mol. The molecular weight excluding hydrogens is 406 g/mol. The molecule has 0 aliphatic heterocycles. The molecule has 0 saturated carbocycles. The Morgan fingerprint density at radius 2 is 2.12 bits per heavy atom. The van der Waals surface area contributed by atoms with Gasteiger partial charge in [-0.2, -0.15) is 5.10 Å². The van der Waals surface area contributed by atoms with E-state index in [-0.39, 0.29) is 5.82 Å². The average molecular weight is 424 g/mol. The molecule has 0 atom stereocenters. The fourth-order valence-corrected chi connectivity index (χ4v) is 3.44. The quantitative estimate of drug-likeness (QED) is 0.430. The molecule has 3 N–H and O–H groups in total. The molecule has 0 spiro atoms. The van der Waals surface area contributed by atoms with E-state index in [1.807, 2.05) is 41.1 Å². The first-order chi connectivity index (χ1) is 15.6. The molecule has 3 heterocycles. The summed E-state index contributed by atoms with van der Waals surface area (Å²) in [6.45, 7) is 0.577. The number of aromatic nitrogens is 5. The summed E-state index contributed by atoms with van der Waals surface area (Å²) in [7, 11) is 1.54. The lowest BCUT2D eigenvalue weighted by Gasteiger charge is -2.11. The van der Waals surface area contributed by atoms with E-state index in [0.717, 1.165) is 22.3 Å². The van der Waals surface area contributed by atoms with Crippen molar-refractivity contribution in [2.45, 2.75) is 6.54 Å². The van der Waals surface area contributed by atoms with E-state index < -0.39 is 5.91 Å². The first-order valence-corrected chi connectivity index (χ1v) is 9.80. The molecule has 157 valence electrons. The highest BCUT2D eigenvalue weighted by Gasteiger charge is 2.13. The van der Waals surface area contributed by atoms with Crippen molar-refractivity contribution in [3.8, 4) is 5.75 Å². The number of pyridine rings is 1. The Bertz CT molecular complexity index is 1450. The number of nitrogens with zero attached hydrogens (tertiary/aromatic N) is 5. The first kappa shape index (κ1) is 19.4. The van der Waals surface area contributed by atoms with Crippen molar-refractivity contribution in [1.29, 1.82) is 0 Å². The normalized spacial score (nSPS) is 11.0. The zero-order valence-electron chi connectivity index (χ0n) is 17.1. The number of anilines is 2. The van der Waals surface area contributed by atoms with Crippen LogP contribution >= 0.6 is 0 Å². The van der Waals surface area contributed by atoms with Gasteiger partial charge in [0.05, 0.1) is 36.6 Å². The van der Waals surface area contributed by atoms with Gasteiger partial charge in [0.1, 0.15) is 11.6 Å². The van der Waals surface area contributed by atoms with E-state index in [1.54, 1.807) is 24.5 Å². The lowest BCUT2D eigenvalue weighted by molar-refractivity contribution is 0.0991. The standard InChI is InChI=1S/C23H18N7O2/c1-32-17-6-7-18-19(11-17)28-23(21(24)31)29-22(18)27-15-5-8-20-14(10-15)12-26-30(20)13-16-4-2-3-9-25-16/h2-5,7-12H,13H2,1H3,(H2,24,31)(H,27,28,29). The highest BCUT2D eigenvalue weighted by molar-refractivity contribution is 5.97. The summed E-state index contributed by atoms with van der Waals surface area (Å²) in [6, 6.07) is 18.1. The molecular formula is C23H18N7O2. The van der Waals surface area contributed by atoms with Gasteiger partial charge in [-0.25, -0.2) is 9.97 Å². The Balaban J connectivity index is 1.50. The highest BCUT2D eigenvalue weighted by atomic mass is 16.5. The van der Waals surface area contributed by atoms with Gasteiger partial charge in [-0.3, -0.25) is 14.5 Å². The predicted octanol–water partition coefficient (Wildman–Crippen LogP) is 3.07. The lowest BCUT2D eigenvalue weighted by Crippen LogP contribution is -2.16. The summed E-state index contributed by atoms with van der Waals surface area (Å²) < 4.78 is 7.10. The van der Waals surface area contributed by atoms with E-state index in [1.165, 1.54) is 7.11 Å². The Kier molecular flexibility index (Phi) is 4.83. The maximum atomic E-state index is 11.7. The minimum atomic E-state index is -0.715. The highest BCUT2D eigenvalue weighted by Crippen LogP contribution is 2.28. The number of nitrogens with one attached hydrogen (secondary N) is 1. The molecule has 9 heteroatoms. The molecule has 1 radical (unpaired) electrons. The second-order valence-corrected chi connectivity index (χ2v) is 7.08. The Labute approximate surface area is 182 Å². The molecule has 2 aromatic carbocycles. The third-order valence-electron chi connectivity index (χ3n) is 4.98. The molecule has 5 aromatic rings. The van der Waals surface area contributed by atoms with Crippen LogP contribution in [0.5, 0.6) is 5.75 Å². The fourth-order valence-electron chi connectivity index (χ4n) is 3.44. The molecule has 3 aromatic heterocycles. The third kappa shape index (κ3) is 3.67. The third-order valence-corrected chi connectivity index (χ3v) is 4.98. The zero-order chi connectivity index (χ0) is 22.1. The Hall–Kier alpha value is -4.53. The number of ether oxygens (including phenoxy) is 1. The number of primary amides is 1. The van der Waals surface area contributed by atoms with Crippen molar-refractivity contribution < 1.29 is 9.53 Å². The van der Waals surface area contributed by atoms with Crippen LogP contribution in [0.1, 0.15) is 16.3 Å². The minimum absolute atomic E-state index is 0.0856. The second-order valence-electron chi connectivity index (χ2n) is 7.08. The zero-order valence-corrected chi connectivity index (χ0v) is 17.1. The van der Waals surface area contributed by atoms with Crippen molar-refractivity contribution in [1.82, 2.24) is 24.7 Å². The van der Waals surface area contributed by atoms with Gasteiger partial charge in [-0.15, -0.1) is 0 Å². The molecule has 5 rings (SSSR count). The number of fused-ring (bicyclic) bond motifs is 2. The van der Waals surface area contributed by atoms with E-state index >= 15 is 0 Å². The van der Waals surface area contributed by atoms with Crippen LogP contribution in [0.25, 0.3) is 21.8 Å². The fraction of sp³-hybridized carbons (Fsp3) is 0.0870. The van der Waals surface area contributed by atoms with E-state index in [0.29, 0.717) is 29.0 Å². The molecule has 0 fully saturated rings. The second kappa shape index (κ2) is 7.95. The van der Waals surface area contributed by atoms with Crippen LogP contribution in [0.3, 0.4) is 0 Å². The van der Waals surface area contributed by atoms with E-state index in [4.69, 9.17) is 10.5 Å². The number of carbonyl (C=O) groups is 1. The number of carbonyl (C=O) groups excluding carboxylic acids is 1.